The highest BCUT2D eigenvalue weighted by molar-refractivity contribution is 5.91. The highest BCUT2D eigenvalue weighted by Gasteiger charge is 2.41. The van der Waals surface area contributed by atoms with Gasteiger partial charge in [-0.15, -0.1) is 0 Å². The molecule has 2 aliphatic rings. The Bertz CT molecular complexity index is 1170. The Balaban J connectivity index is 1.66. The fraction of sp³-hybridized carbons (Fsp3) is 0.320. The molecule has 2 atom stereocenters. The van der Waals surface area contributed by atoms with Gasteiger partial charge in [0.1, 0.15) is 11.3 Å². The number of hydrogen-bond acceptors (Lipinski definition) is 2. The van der Waals surface area contributed by atoms with E-state index >= 15 is 0 Å². The summed E-state index contributed by atoms with van der Waals surface area (Å²) in [5, 5.41) is 2.53. The van der Waals surface area contributed by atoms with Crippen molar-refractivity contribution in [1.29, 1.82) is 0 Å². The molecule has 0 spiro atoms. The molecule has 2 heterocycles. The maximum Gasteiger partial charge on any atom is 0.154 e. The van der Waals surface area contributed by atoms with Crippen LogP contribution in [-0.2, 0) is 0 Å². The van der Waals surface area contributed by atoms with E-state index in [1.54, 1.807) is 5.56 Å². The Morgan fingerprint density at radius 2 is 1.78 bits per heavy atom. The minimum atomic E-state index is 0.540. The molecule has 0 N–H and O–H groups in total. The zero-order chi connectivity index (χ0) is 18.1. The van der Waals surface area contributed by atoms with E-state index in [1.807, 2.05) is 12.1 Å². The lowest BCUT2D eigenvalue weighted by Gasteiger charge is -2.21. The van der Waals surface area contributed by atoms with Crippen molar-refractivity contribution < 1.29 is 4.42 Å². The summed E-state index contributed by atoms with van der Waals surface area (Å²) in [6.07, 6.45) is 3.90. The van der Waals surface area contributed by atoms with Crippen LogP contribution in [0.5, 0.6) is 0 Å². The summed E-state index contributed by atoms with van der Waals surface area (Å²) in [6, 6.07) is 17.3. The van der Waals surface area contributed by atoms with E-state index in [9.17, 15) is 0 Å². The summed E-state index contributed by atoms with van der Waals surface area (Å²) >= 11 is 0. The standard InChI is InChI=1S/C25H23NO/c1-14(2)15-9-10-20-19(12-15)23-17-7-8-18(11-17)24(23)25(26-20)22-13-16-5-3-4-6-21(16)27-22/h3-6,9-10,12-14,17-18H,7-8,11H2,1-2H3. The van der Waals surface area contributed by atoms with Gasteiger partial charge in [-0.1, -0.05) is 38.1 Å². The second kappa shape index (κ2) is 5.45. The molecule has 1 saturated carbocycles. The van der Waals surface area contributed by atoms with Gasteiger partial charge in [0, 0.05) is 10.8 Å². The van der Waals surface area contributed by atoms with Gasteiger partial charge < -0.3 is 4.42 Å². The molecule has 2 nitrogen and oxygen atoms in total. The van der Waals surface area contributed by atoms with Gasteiger partial charge in [-0.05, 0) is 78.0 Å². The van der Waals surface area contributed by atoms with Crippen LogP contribution in [0.25, 0.3) is 33.3 Å². The molecule has 1 fully saturated rings. The summed E-state index contributed by atoms with van der Waals surface area (Å²) in [5.74, 6) is 2.81. The van der Waals surface area contributed by atoms with Crippen molar-refractivity contribution in [3.63, 3.8) is 0 Å². The van der Waals surface area contributed by atoms with Crippen molar-refractivity contribution in [1.82, 2.24) is 4.98 Å². The van der Waals surface area contributed by atoms with E-state index < -0.39 is 0 Å². The lowest BCUT2D eigenvalue weighted by Crippen LogP contribution is -2.04. The third kappa shape index (κ3) is 2.16. The first-order valence-corrected chi connectivity index (χ1v) is 10.2. The number of aromatic nitrogens is 1. The van der Waals surface area contributed by atoms with Crippen LogP contribution in [0.3, 0.4) is 0 Å². The highest BCUT2D eigenvalue weighted by Crippen LogP contribution is 2.57. The van der Waals surface area contributed by atoms with E-state index in [4.69, 9.17) is 9.40 Å². The number of rotatable bonds is 2. The Morgan fingerprint density at radius 3 is 2.59 bits per heavy atom. The predicted octanol–water partition coefficient (Wildman–Crippen LogP) is 7.14. The van der Waals surface area contributed by atoms with Gasteiger partial charge in [-0.2, -0.15) is 0 Å². The third-order valence-electron chi connectivity index (χ3n) is 6.66. The monoisotopic (exact) mass is 353 g/mol. The van der Waals surface area contributed by atoms with E-state index in [-0.39, 0.29) is 0 Å². The molecule has 2 aromatic heterocycles. The van der Waals surface area contributed by atoms with Crippen LogP contribution >= 0.6 is 0 Å². The predicted molar refractivity (Wildman–Crippen MR) is 110 cm³/mol. The second-order valence-corrected chi connectivity index (χ2v) is 8.57. The van der Waals surface area contributed by atoms with Crippen LogP contribution in [0.1, 0.15) is 67.6 Å². The van der Waals surface area contributed by atoms with Gasteiger partial charge in [-0.25, -0.2) is 4.98 Å². The molecular formula is C25H23NO. The minimum absolute atomic E-state index is 0.540. The Hall–Kier alpha value is -2.61. The van der Waals surface area contributed by atoms with Crippen molar-refractivity contribution in [3.8, 4) is 11.5 Å². The van der Waals surface area contributed by atoms with Crippen LogP contribution in [0.15, 0.2) is 52.9 Å². The molecule has 0 amide bonds. The largest absolute Gasteiger partial charge is 0.454 e. The summed E-state index contributed by atoms with van der Waals surface area (Å²) < 4.78 is 6.24. The second-order valence-electron chi connectivity index (χ2n) is 8.57. The lowest BCUT2D eigenvalue weighted by molar-refractivity contribution is 0.624. The number of hydrogen-bond donors (Lipinski definition) is 0. The van der Waals surface area contributed by atoms with Crippen LogP contribution < -0.4 is 0 Å². The summed E-state index contributed by atoms with van der Waals surface area (Å²) in [4.78, 5) is 5.14. The van der Waals surface area contributed by atoms with Gasteiger partial charge in [0.15, 0.2) is 5.76 Å². The molecule has 2 unspecified atom stereocenters. The molecule has 2 aliphatic carbocycles. The fourth-order valence-electron chi connectivity index (χ4n) is 5.32. The van der Waals surface area contributed by atoms with Crippen molar-refractivity contribution in [2.75, 3.05) is 0 Å². The van der Waals surface area contributed by atoms with Gasteiger partial charge in [-0.3, -0.25) is 0 Å². The van der Waals surface area contributed by atoms with E-state index in [0.717, 1.165) is 27.9 Å². The number of fused-ring (bicyclic) bond motifs is 8. The average Bonchev–Trinajstić information content (AvgIpc) is 3.41. The molecule has 2 bridgehead atoms. The molecule has 6 rings (SSSR count). The van der Waals surface area contributed by atoms with Crippen molar-refractivity contribution in [3.05, 3.63) is 65.2 Å². The van der Waals surface area contributed by atoms with E-state index in [0.29, 0.717) is 17.8 Å². The molecule has 4 aromatic rings. The first-order chi connectivity index (χ1) is 13.2. The molecular weight excluding hydrogens is 330 g/mol. The van der Waals surface area contributed by atoms with Gasteiger partial charge in [0.05, 0.1) is 5.52 Å². The highest BCUT2D eigenvalue weighted by atomic mass is 16.3. The first-order valence-electron chi connectivity index (χ1n) is 10.2. The Kier molecular flexibility index (Phi) is 3.12. The smallest absolute Gasteiger partial charge is 0.154 e. The molecule has 134 valence electrons. The summed E-state index contributed by atoms with van der Waals surface area (Å²) in [5.41, 5.74) is 7.58. The SMILES string of the molecule is CC(C)c1ccc2nc(-c3cc4ccccc4o3)c3c(c2c1)C1CCC3C1. The number of para-hydroxylation sites is 1. The van der Waals surface area contributed by atoms with Crippen molar-refractivity contribution in [2.24, 2.45) is 0 Å². The fourth-order valence-corrected chi connectivity index (χ4v) is 5.32. The van der Waals surface area contributed by atoms with Crippen LogP contribution in [0, 0.1) is 0 Å². The zero-order valence-corrected chi connectivity index (χ0v) is 15.8. The molecule has 2 aromatic carbocycles. The maximum atomic E-state index is 6.24. The van der Waals surface area contributed by atoms with Crippen molar-refractivity contribution >= 4 is 21.9 Å². The molecule has 27 heavy (non-hydrogen) atoms. The van der Waals surface area contributed by atoms with Crippen molar-refractivity contribution in [2.45, 2.75) is 50.9 Å². The van der Waals surface area contributed by atoms with Crippen LogP contribution in [0.4, 0.5) is 0 Å². The van der Waals surface area contributed by atoms with Crippen LogP contribution in [-0.4, -0.2) is 4.98 Å². The topological polar surface area (TPSA) is 26.0 Å². The lowest BCUT2D eigenvalue weighted by atomic mass is 9.86. The first kappa shape index (κ1) is 15.4. The number of furan rings is 1. The Labute approximate surface area is 159 Å². The minimum Gasteiger partial charge on any atom is -0.454 e. The summed E-state index contributed by atoms with van der Waals surface area (Å²) in [7, 11) is 0. The number of pyridine rings is 1. The Morgan fingerprint density at radius 1 is 0.963 bits per heavy atom. The maximum absolute atomic E-state index is 6.24. The zero-order valence-electron chi connectivity index (χ0n) is 15.8. The third-order valence-corrected chi connectivity index (χ3v) is 6.66. The summed E-state index contributed by atoms with van der Waals surface area (Å²) in [6.45, 7) is 4.54. The average molecular weight is 353 g/mol. The molecule has 0 saturated heterocycles. The van der Waals surface area contributed by atoms with Crippen LogP contribution in [0.2, 0.25) is 0 Å². The van der Waals surface area contributed by atoms with Gasteiger partial charge in [0.2, 0.25) is 0 Å². The quantitative estimate of drug-likeness (QED) is 0.383. The van der Waals surface area contributed by atoms with E-state index in [2.05, 4.69) is 50.2 Å². The molecule has 2 heteroatoms. The van der Waals surface area contributed by atoms with Gasteiger partial charge in [0.25, 0.3) is 0 Å². The molecule has 0 radical (unpaired) electrons. The number of nitrogens with zero attached hydrogens (tertiary/aromatic N) is 1. The van der Waals surface area contributed by atoms with Gasteiger partial charge >= 0.3 is 0 Å². The normalized spacial score (nSPS) is 20.9. The number of benzene rings is 2. The molecule has 0 aliphatic heterocycles. The van der Waals surface area contributed by atoms with E-state index in [1.165, 1.54) is 35.8 Å².